The molecule has 2 aliphatic rings. The van der Waals surface area contributed by atoms with Crippen LogP contribution in [0.4, 0.5) is 16.2 Å². The number of hydrogen-bond acceptors (Lipinski definition) is 2. The number of urea groups is 1. The van der Waals surface area contributed by atoms with Crippen molar-refractivity contribution in [3.05, 3.63) is 95.5 Å². The minimum Gasteiger partial charge on any atom is -0.308 e. The number of hydrogen-bond donors (Lipinski definition) is 1. The third kappa shape index (κ3) is 6.06. The maximum atomic E-state index is 13.2. The van der Waals surface area contributed by atoms with Gasteiger partial charge in [0.1, 0.15) is 0 Å². The lowest BCUT2D eigenvalue weighted by Crippen LogP contribution is -2.45. The van der Waals surface area contributed by atoms with Crippen LogP contribution >= 0.6 is 11.6 Å². The molecule has 2 atom stereocenters. The van der Waals surface area contributed by atoms with E-state index in [1.165, 1.54) is 37.7 Å². The third-order valence-electron chi connectivity index (χ3n) is 7.56. The van der Waals surface area contributed by atoms with Crippen molar-refractivity contribution in [2.24, 2.45) is 5.92 Å². The van der Waals surface area contributed by atoms with E-state index in [2.05, 4.69) is 40.5 Å². The molecule has 35 heavy (non-hydrogen) atoms. The van der Waals surface area contributed by atoms with Crippen LogP contribution in [-0.4, -0.2) is 36.1 Å². The molecule has 2 fully saturated rings. The topological polar surface area (TPSA) is 35.6 Å². The first-order valence-corrected chi connectivity index (χ1v) is 13.2. The van der Waals surface area contributed by atoms with Gasteiger partial charge in [0.2, 0.25) is 0 Å². The van der Waals surface area contributed by atoms with E-state index in [4.69, 9.17) is 11.6 Å². The van der Waals surface area contributed by atoms with Crippen molar-refractivity contribution < 1.29 is 4.79 Å². The molecule has 182 valence electrons. The van der Waals surface area contributed by atoms with Gasteiger partial charge in [0, 0.05) is 41.6 Å². The van der Waals surface area contributed by atoms with Gasteiger partial charge in [-0.3, -0.25) is 9.80 Å². The molecule has 5 rings (SSSR count). The largest absolute Gasteiger partial charge is 0.326 e. The minimum atomic E-state index is -0.108. The summed E-state index contributed by atoms with van der Waals surface area (Å²) in [4.78, 5) is 17.8. The van der Waals surface area contributed by atoms with Gasteiger partial charge in [0.25, 0.3) is 0 Å². The molecular weight excluding hydrogens is 454 g/mol. The molecule has 2 heterocycles. The SMILES string of the molecule is O=C(Nc1ccc(Cl)cc1)N(CCCN1C2CCC1CC(Cc1ccccc1)C2)c1ccccc1. The van der Waals surface area contributed by atoms with Crippen molar-refractivity contribution in [3.8, 4) is 0 Å². The number of amides is 2. The van der Waals surface area contributed by atoms with Crippen LogP contribution in [-0.2, 0) is 6.42 Å². The Labute approximate surface area is 213 Å². The Kier molecular flexibility index (Phi) is 7.70. The second kappa shape index (κ2) is 11.3. The molecule has 5 heteroatoms. The molecule has 3 aromatic rings. The predicted molar refractivity (Wildman–Crippen MR) is 145 cm³/mol. The average Bonchev–Trinajstić information content (AvgIpc) is 3.11. The van der Waals surface area contributed by atoms with Crippen LogP contribution in [0.5, 0.6) is 0 Å². The number of carbonyl (C=O) groups excluding carboxylic acids is 1. The third-order valence-corrected chi connectivity index (χ3v) is 7.81. The minimum absolute atomic E-state index is 0.108. The van der Waals surface area contributed by atoms with Gasteiger partial charge in [0.05, 0.1) is 0 Å². The fourth-order valence-electron chi connectivity index (χ4n) is 5.96. The van der Waals surface area contributed by atoms with E-state index in [0.29, 0.717) is 23.7 Å². The summed E-state index contributed by atoms with van der Waals surface area (Å²) in [5.41, 5.74) is 3.14. The zero-order valence-electron chi connectivity index (χ0n) is 20.2. The van der Waals surface area contributed by atoms with Crippen LogP contribution in [0.25, 0.3) is 0 Å². The summed E-state index contributed by atoms with van der Waals surface area (Å²) < 4.78 is 0. The number of piperidine rings is 1. The first-order valence-electron chi connectivity index (χ1n) is 12.8. The van der Waals surface area contributed by atoms with Gasteiger partial charge < -0.3 is 5.32 Å². The number of fused-ring (bicyclic) bond motifs is 2. The Morgan fingerprint density at radius 1 is 0.886 bits per heavy atom. The highest BCUT2D eigenvalue weighted by Crippen LogP contribution is 2.40. The number of nitrogens with one attached hydrogen (secondary N) is 1. The number of rotatable bonds is 8. The summed E-state index contributed by atoms with van der Waals surface area (Å²) in [6.45, 7) is 1.73. The van der Waals surface area contributed by atoms with Crippen LogP contribution in [0, 0.1) is 5.92 Å². The first-order chi connectivity index (χ1) is 17.2. The molecule has 0 spiro atoms. The Hall–Kier alpha value is -2.82. The normalized spacial score (nSPS) is 21.6. The molecule has 3 aromatic carbocycles. The molecule has 2 amide bonds. The van der Waals surface area contributed by atoms with Gasteiger partial charge >= 0.3 is 6.03 Å². The standard InChI is InChI=1S/C30H34ClN3O/c31-25-12-14-26(15-13-25)32-30(35)34(27-10-5-2-6-11-27)19-7-18-33-28-16-17-29(33)22-24(21-28)20-23-8-3-1-4-9-23/h1-6,8-15,24,28-29H,7,16-22H2,(H,32,35). The van der Waals surface area contributed by atoms with Gasteiger partial charge in [-0.1, -0.05) is 60.1 Å². The molecule has 1 N–H and O–H groups in total. The molecule has 0 aliphatic carbocycles. The number of anilines is 2. The van der Waals surface area contributed by atoms with E-state index in [9.17, 15) is 4.79 Å². The second-order valence-corrected chi connectivity index (χ2v) is 10.4. The monoisotopic (exact) mass is 487 g/mol. The number of benzene rings is 3. The summed E-state index contributed by atoms with van der Waals surface area (Å²) in [5.74, 6) is 0.789. The van der Waals surface area contributed by atoms with Crippen molar-refractivity contribution in [2.45, 2.75) is 50.6 Å². The Balaban J connectivity index is 1.18. The highest BCUT2D eigenvalue weighted by molar-refractivity contribution is 6.30. The van der Waals surface area contributed by atoms with Crippen LogP contribution in [0.1, 0.15) is 37.7 Å². The fraction of sp³-hybridized carbons (Fsp3) is 0.367. The molecule has 2 bridgehead atoms. The molecular formula is C30H34ClN3O. The highest BCUT2D eigenvalue weighted by atomic mass is 35.5. The average molecular weight is 488 g/mol. The van der Waals surface area contributed by atoms with Crippen molar-refractivity contribution in [3.63, 3.8) is 0 Å². The van der Waals surface area contributed by atoms with Crippen molar-refractivity contribution in [1.29, 1.82) is 0 Å². The van der Waals surface area contributed by atoms with Gasteiger partial charge in [-0.2, -0.15) is 0 Å². The van der Waals surface area contributed by atoms with Crippen molar-refractivity contribution in [2.75, 3.05) is 23.3 Å². The molecule has 2 aliphatic heterocycles. The Morgan fingerprint density at radius 2 is 1.51 bits per heavy atom. The molecule has 0 saturated carbocycles. The van der Waals surface area contributed by atoms with E-state index >= 15 is 0 Å². The molecule has 0 radical (unpaired) electrons. The summed E-state index contributed by atoms with van der Waals surface area (Å²) in [6, 6.07) is 29.4. The summed E-state index contributed by atoms with van der Waals surface area (Å²) in [6.07, 6.45) is 7.38. The smallest absolute Gasteiger partial charge is 0.308 e. The van der Waals surface area contributed by atoms with E-state index in [1.807, 2.05) is 47.4 Å². The van der Waals surface area contributed by atoms with E-state index in [1.54, 1.807) is 12.1 Å². The Morgan fingerprint density at radius 3 is 2.17 bits per heavy atom. The van der Waals surface area contributed by atoms with Gasteiger partial charge in [-0.05, 0) is 86.4 Å². The Bertz CT molecular complexity index is 1080. The zero-order chi connectivity index (χ0) is 24.0. The highest BCUT2D eigenvalue weighted by Gasteiger charge is 2.40. The number of halogens is 1. The van der Waals surface area contributed by atoms with Crippen LogP contribution in [0.3, 0.4) is 0 Å². The van der Waals surface area contributed by atoms with Crippen molar-refractivity contribution >= 4 is 29.0 Å². The lowest BCUT2D eigenvalue weighted by atomic mass is 9.85. The molecule has 4 nitrogen and oxygen atoms in total. The molecule has 0 aromatic heterocycles. The lowest BCUT2D eigenvalue weighted by molar-refractivity contribution is 0.103. The summed E-state index contributed by atoms with van der Waals surface area (Å²) >= 11 is 6.00. The van der Waals surface area contributed by atoms with E-state index < -0.39 is 0 Å². The summed E-state index contributed by atoms with van der Waals surface area (Å²) in [7, 11) is 0. The van der Waals surface area contributed by atoms with Crippen molar-refractivity contribution in [1.82, 2.24) is 4.90 Å². The van der Waals surface area contributed by atoms with Crippen LogP contribution in [0.2, 0.25) is 5.02 Å². The predicted octanol–water partition coefficient (Wildman–Crippen LogP) is 7.25. The number of carbonyl (C=O) groups is 1. The maximum Gasteiger partial charge on any atom is 0.326 e. The summed E-state index contributed by atoms with van der Waals surface area (Å²) in [5, 5.41) is 3.69. The second-order valence-electron chi connectivity index (χ2n) is 9.93. The van der Waals surface area contributed by atoms with Gasteiger partial charge in [-0.25, -0.2) is 4.79 Å². The number of nitrogens with zero attached hydrogens (tertiary/aromatic N) is 2. The molecule has 2 saturated heterocycles. The van der Waals surface area contributed by atoms with E-state index in [0.717, 1.165) is 30.3 Å². The quantitative estimate of drug-likeness (QED) is 0.363. The lowest BCUT2D eigenvalue weighted by Gasteiger charge is -2.39. The van der Waals surface area contributed by atoms with Crippen LogP contribution in [0.15, 0.2) is 84.9 Å². The number of para-hydroxylation sites is 1. The van der Waals surface area contributed by atoms with Gasteiger partial charge in [-0.15, -0.1) is 0 Å². The fourth-order valence-corrected chi connectivity index (χ4v) is 6.08. The van der Waals surface area contributed by atoms with Gasteiger partial charge in [0.15, 0.2) is 0 Å². The van der Waals surface area contributed by atoms with Crippen LogP contribution < -0.4 is 10.2 Å². The first kappa shape index (κ1) is 23.9. The van der Waals surface area contributed by atoms with E-state index in [-0.39, 0.29) is 6.03 Å². The molecule has 2 unspecified atom stereocenters. The maximum absolute atomic E-state index is 13.2. The zero-order valence-corrected chi connectivity index (χ0v) is 20.9.